The molecule has 1 saturated carbocycles. The van der Waals surface area contributed by atoms with Gasteiger partial charge in [0.05, 0.1) is 10.8 Å². The predicted molar refractivity (Wildman–Crippen MR) is 62.3 cm³/mol. The molecule has 2 aromatic rings. The normalized spacial score (nSPS) is 17.2. The lowest BCUT2D eigenvalue weighted by Crippen LogP contribution is -2.30. The number of pyridine rings is 1. The van der Waals surface area contributed by atoms with Crippen molar-refractivity contribution in [2.75, 3.05) is 0 Å². The van der Waals surface area contributed by atoms with Crippen LogP contribution < -0.4 is 16.7 Å². The van der Waals surface area contributed by atoms with Crippen molar-refractivity contribution < 1.29 is 0 Å². The molecule has 6 heteroatoms. The fourth-order valence-corrected chi connectivity index (χ4v) is 1.99. The van der Waals surface area contributed by atoms with E-state index in [4.69, 9.17) is 0 Å². The van der Waals surface area contributed by atoms with Crippen molar-refractivity contribution in [1.82, 2.24) is 14.8 Å². The minimum absolute atomic E-state index is 0.138. The van der Waals surface area contributed by atoms with Crippen LogP contribution in [0.5, 0.6) is 0 Å². The molecule has 88 valence electrons. The van der Waals surface area contributed by atoms with Crippen LogP contribution >= 0.6 is 0 Å². The Hall–Kier alpha value is -2.11. The molecule has 0 unspecified atom stereocenters. The van der Waals surface area contributed by atoms with Gasteiger partial charge in [0.25, 0.3) is 16.7 Å². The number of hydrogen-bond donors (Lipinski definition) is 2. The molecule has 2 aromatic heterocycles. The van der Waals surface area contributed by atoms with Crippen molar-refractivity contribution in [3.8, 4) is 0 Å². The maximum absolute atomic E-state index is 11.9. The molecule has 0 bridgehead atoms. The van der Waals surface area contributed by atoms with Crippen molar-refractivity contribution in [3.05, 3.63) is 43.3 Å². The number of aromatic nitrogens is 3. The molecule has 2 heterocycles. The summed E-state index contributed by atoms with van der Waals surface area (Å²) in [7, 11) is 0. The average Bonchev–Trinajstić information content (AvgIpc) is 3.03. The van der Waals surface area contributed by atoms with Gasteiger partial charge in [0.1, 0.15) is 0 Å². The van der Waals surface area contributed by atoms with Gasteiger partial charge in [-0.1, -0.05) is 0 Å². The first-order valence-electron chi connectivity index (χ1n) is 5.39. The molecule has 6 nitrogen and oxygen atoms in total. The third-order valence-corrected chi connectivity index (χ3v) is 3.39. The van der Waals surface area contributed by atoms with E-state index >= 15 is 0 Å². The van der Waals surface area contributed by atoms with Crippen LogP contribution in [0.3, 0.4) is 0 Å². The van der Waals surface area contributed by atoms with E-state index in [0.29, 0.717) is 0 Å². The van der Waals surface area contributed by atoms with Crippen LogP contribution in [-0.4, -0.2) is 14.8 Å². The highest BCUT2D eigenvalue weighted by Crippen LogP contribution is 2.41. The zero-order valence-electron chi connectivity index (χ0n) is 9.24. The van der Waals surface area contributed by atoms with Gasteiger partial charge in [-0.25, -0.2) is 0 Å². The minimum atomic E-state index is -0.454. The van der Waals surface area contributed by atoms with Crippen molar-refractivity contribution in [2.24, 2.45) is 0 Å². The lowest BCUT2D eigenvalue weighted by atomic mass is 10.2. The van der Waals surface area contributed by atoms with E-state index in [1.54, 1.807) is 4.57 Å². The van der Waals surface area contributed by atoms with Gasteiger partial charge in [-0.3, -0.25) is 24.6 Å². The Morgan fingerprint density at radius 1 is 1.12 bits per heavy atom. The molecule has 0 amide bonds. The molecule has 1 aliphatic rings. The van der Waals surface area contributed by atoms with Crippen LogP contribution in [0, 0.1) is 0 Å². The molecule has 3 rings (SSSR count). The summed E-state index contributed by atoms with van der Waals surface area (Å²) >= 11 is 0. The van der Waals surface area contributed by atoms with E-state index in [1.165, 1.54) is 12.3 Å². The number of rotatable bonds is 1. The van der Waals surface area contributed by atoms with E-state index < -0.39 is 11.1 Å². The highest BCUT2D eigenvalue weighted by atomic mass is 16.1. The van der Waals surface area contributed by atoms with Gasteiger partial charge in [0.2, 0.25) is 0 Å². The number of fused-ring (bicyclic) bond motifs is 1. The summed E-state index contributed by atoms with van der Waals surface area (Å²) in [6.07, 6.45) is 3.32. The fraction of sp³-hybridized carbons (Fsp3) is 0.364. The first-order valence-corrected chi connectivity index (χ1v) is 5.39. The molecule has 1 fully saturated rings. The van der Waals surface area contributed by atoms with Crippen molar-refractivity contribution in [3.63, 3.8) is 0 Å². The van der Waals surface area contributed by atoms with Gasteiger partial charge < -0.3 is 4.57 Å². The summed E-state index contributed by atoms with van der Waals surface area (Å²) in [5, 5.41) is 4.84. The van der Waals surface area contributed by atoms with E-state index in [0.717, 1.165) is 12.8 Å². The Morgan fingerprint density at radius 2 is 1.71 bits per heavy atom. The zero-order valence-corrected chi connectivity index (χ0v) is 9.24. The predicted octanol–water partition coefficient (Wildman–Crippen LogP) is -0.113. The second-order valence-corrected chi connectivity index (χ2v) is 4.71. The summed E-state index contributed by atoms with van der Waals surface area (Å²) in [4.78, 5) is 35.0. The second kappa shape index (κ2) is 2.97. The van der Waals surface area contributed by atoms with Crippen LogP contribution in [-0.2, 0) is 5.54 Å². The largest absolute Gasteiger partial charge is 0.309 e. The highest BCUT2D eigenvalue weighted by molar-refractivity contribution is 5.79. The summed E-state index contributed by atoms with van der Waals surface area (Å²) in [5.41, 5.74) is -1.28. The molecule has 1 aliphatic carbocycles. The summed E-state index contributed by atoms with van der Waals surface area (Å²) in [5.74, 6) is 0. The van der Waals surface area contributed by atoms with Gasteiger partial charge in [0, 0.05) is 17.8 Å². The first kappa shape index (κ1) is 10.1. The number of hydrogen-bond acceptors (Lipinski definition) is 3. The van der Waals surface area contributed by atoms with E-state index in [9.17, 15) is 14.4 Å². The Morgan fingerprint density at radius 3 is 2.29 bits per heavy atom. The van der Waals surface area contributed by atoms with Gasteiger partial charge in [-0.2, -0.15) is 0 Å². The van der Waals surface area contributed by atoms with Crippen molar-refractivity contribution in [2.45, 2.75) is 25.3 Å². The lowest BCUT2D eigenvalue weighted by molar-refractivity contribution is 0.516. The summed E-state index contributed by atoms with van der Waals surface area (Å²) in [6.45, 7) is 1.96. The quantitative estimate of drug-likeness (QED) is 0.720. The molecule has 0 saturated heterocycles. The molecular formula is C11H11N3O3. The lowest BCUT2D eigenvalue weighted by Gasteiger charge is -2.12. The van der Waals surface area contributed by atoms with Gasteiger partial charge in [-0.05, 0) is 19.8 Å². The monoisotopic (exact) mass is 233 g/mol. The van der Waals surface area contributed by atoms with Crippen molar-refractivity contribution >= 4 is 10.8 Å². The molecule has 0 radical (unpaired) electrons. The third-order valence-electron chi connectivity index (χ3n) is 3.39. The molecule has 0 atom stereocenters. The number of H-pyrrole nitrogens is 2. The second-order valence-electron chi connectivity index (χ2n) is 4.71. The summed E-state index contributed by atoms with van der Waals surface area (Å²) in [6, 6.07) is 1.23. The Kier molecular flexibility index (Phi) is 1.76. The van der Waals surface area contributed by atoms with Gasteiger partial charge in [-0.15, -0.1) is 0 Å². The van der Waals surface area contributed by atoms with E-state index in [-0.39, 0.29) is 21.9 Å². The van der Waals surface area contributed by atoms with Crippen LogP contribution in [0.25, 0.3) is 10.8 Å². The zero-order chi connectivity index (χ0) is 12.2. The Bertz CT molecular complexity index is 777. The number of aromatic amines is 2. The smallest absolute Gasteiger partial charge is 0.272 e. The maximum Gasteiger partial charge on any atom is 0.272 e. The standard InChI is InChI=1S/C11H11N3O3/c1-11(2-3-11)14-5-7-6(4-8(14)15)9(16)12-13-10(7)17/h4-5H,2-3H2,1H3,(H,12,16)(H,13,17). The Balaban J connectivity index is 2.47. The van der Waals surface area contributed by atoms with Gasteiger partial charge >= 0.3 is 0 Å². The first-order chi connectivity index (χ1) is 8.01. The average molecular weight is 233 g/mol. The molecule has 0 aromatic carbocycles. The van der Waals surface area contributed by atoms with Crippen LogP contribution in [0.1, 0.15) is 19.8 Å². The maximum atomic E-state index is 11.9. The van der Waals surface area contributed by atoms with Crippen LogP contribution in [0.15, 0.2) is 26.6 Å². The molecular weight excluding hydrogens is 222 g/mol. The Labute approximate surface area is 94.9 Å². The van der Waals surface area contributed by atoms with Crippen LogP contribution in [0.4, 0.5) is 0 Å². The molecule has 0 aliphatic heterocycles. The minimum Gasteiger partial charge on any atom is -0.309 e. The van der Waals surface area contributed by atoms with Gasteiger partial charge in [0.15, 0.2) is 0 Å². The molecule has 0 spiro atoms. The van der Waals surface area contributed by atoms with E-state index in [2.05, 4.69) is 10.2 Å². The van der Waals surface area contributed by atoms with E-state index in [1.807, 2.05) is 6.92 Å². The SMILES string of the molecule is CC1(n2cc3c(=O)[nH][nH]c(=O)c3cc2=O)CC1. The topological polar surface area (TPSA) is 87.7 Å². The number of nitrogens with one attached hydrogen (secondary N) is 2. The molecule has 2 N–H and O–H groups in total. The highest BCUT2D eigenvalue weighted by Gasteiger charge is 2.40. The van der Waals surface area contributed by atoms with Crippen molar-refractivity contribution in [1.29, 1.82) is 0 Å². The van der Waals surface area contributed by atoms with Crippen LogP contribution in [0.2, 0.25) is 0 Å². The third kappa shape index (κ3) is 1.37. The summed E-state index contributed by atoms with van der Waals surface area (Å²) < 4.78 is 1.55. The number of nitrogens with zero attached hydrogens (tertiary/aromatic N) is 1. The molecule has 17 heavy (non-hydrogen) atoms. The fourth-order valence-electron chi connectivity index (χ4n) is 1.99.